The zero-order valence-electron chi connectivity index (χ0n) is 3.83. The van der Waals surface area contributed by atoms with Gasteiger partial charge >= 0.3 is 0 Å². The van der Waals surface area contributed by atoms with E-state index >= 15 is 0 Å². The molecular formula is C3H2N4O. The van der Waals surface area contributed by atoms with Gasteiger partial charge in [0, 0.05) is 0 Å². The Labute approximate surface area is 44.5 Å². The maximum absolute atomic E-state index is 9.49. The first-order chi connectivity index (χ1) is 3.93. The average Bonchev–Trinajstić information content (AvgIpc) is 2.19. The molecular weight excluding hydrogens is 108 g/mol. The van der Waals surface area contributed by atoms with Gasteiger partial charge in [0.15, 0.2) is 0 Å². The van der Waals surface area contributed by atoms with Crippen LogP contribution in [0, 0.1) is 0 Å². The molecule has 0 fully saturated rings. The number of H-pyrrole nitrogens is 1. The molecule has 1 aromatic heterocycles. The number of isocyanates is 1. The fourth-order valence-electron chi connectivity index (χ4n) is 0.296. The van der Waals surface area contributed by atoms with Gasteiger partial charge in [-0.1, -0.05) is 0 Å². The lowest BCUT2D eigenvalue weighted by Gasteiger charge is -1.68. The molecule has 5 heteroatoms. The average molecular weight is 110 g/mol. The van der Waals surface area contributed by atoms with Crippen LogP contribution in [-0.2, 0) is 4.79 Å². The third kappa shape index (κ3) is 0.772. The van der Waals surface area contributed by atoms with E-state index in [1.807, 2.05) is 0 Å². The molecule has 0 bridgehead atoms. The first-order valence-electron chi connectivity index (χ1n) is 1.86. The van der Waals surface area contributed by atoms with Gasteiger partial charge in [-0.25, -0.2) is 9.89 Å². The summed E-state index contributed by atoms with van der Waals surface area (Å²) in [4.78, 5) is 16.1. The van der Waals surface area contributed by atoms with E-state index in [0.717, 1.165) is 0 Å². The molecule has 0 aliphatic heterocycles. The summed E-state index contributed by atoms with van der Waals surface area (Å²) in [6, 6.07) is 0. The molecule has 0 saturated heterocycles. The number of aromatic amines is 1. The number of aromatic nitrogens is 3. The van der Waals surface area contributed by atoms with E-state index in [0.29, 0.717) is 0 Å². The lowest BCUT2D eigenvalue weighted by Crippen LogP contribution is -1.63. The predicted molar refractivity (Wildman–Crippen MR) is 24.2 cm³/mol. The summed E-state index contributed by atoms with van der Waals surface area (Å²) in [6.07, 6.45) is 2.57. The largest absolute Gasteiger partial charge is 0.256 e. The Kier molecular flexibility index (Phi) is 1.16. The molecule has 0 atom stereocenters. The fourth-order valence-corrected chi connectivity index (χ4v) is 0.296. The summed E-state index contributed by atoms with van der Waals surface area (Å²) in [5.41, 5.74) is 0. The van der Waals surface area contributed by atoms with E-state index in [1.165, 1.54) is 12.4 Å². The number of hydrogen-bond donors (Lipinski definition) is 1. The van der Waals surface area contributed by atoms with Gasteiger partial charge in [-0.2, -0.15) is 10.1 Å². The normalized spacial score (nSPS) is 8.00. The van der Waals surface area contributed by atoms with Crippen molar-refractivity contribution in [1.29, 1.82) is 0 Å². The van der Waals surface area contributed by atoms with Crippen LogP contribution < -0.4 is 0 Å². The molecule has 0 aliphatic carbocycles. The van der Waals surface area contributed by atoms with E-state index in [9.17, 15) is 4.79 Å². The van der Waals surface area contributed by atoms with Crippen molar-refractivity contribution < 1.29 is 4.79 Å². The van der Waals surface area contributed by atoms with E-state index < -0.39 is 0 Å². The van der Waals surface area contributed by atoms with Gasteiger partial charge in [0.25, 0.3) is 5.95 Å². The minimum absolute atomic E-state index is 0.181. The lowest BCUT2D eigenvalue weighted by molar-refractivity contribution is 0.565. The number of aliphatic imine (C=N–C) groups is 1. The summed E-state index contributed by atoms with van der Waals surface area (Å²) in [5, 5.41) is 5.78. The molecule has 40 valence electrons. The Morgan fingerprint density at radius 1 is 1.88 bits per heavy atom. The molecule has 1 rings (SSSR count). The highest BCUT2D eigenvalue weighted by atomic mass is 16.1. The molecule has 8 heavy (non-hydrogen) atoms. The van der Waals surface area contributed by atoms with Gasteiger partial charge in [-0.3, -0.25) is 0 Å². The molecule has 0 aliphatic rings. The Hall–Kier alpha value is -1.48. The van der Waals surface area contributed by atoms with Crippen LogP contribution in [0.4, 0.5) is 5.95 Å². The zero-order chi connectivity index (χ0) is 5.82. The summed E-state index contributed by atoms with van der Waals surface area (Å²) in [7, 11) is 0. The maximum Gasteiger partial charge on any atom is 0.256 e. The van der Waals surface area contributed by atoms with Gasteiger partial charge in [0.1, 0.15) is 6.33 Å². The minimum Gasteiger partial charge on any atom is -0.243 e. The third-order valence-corrected chi connectivity index (χ3v) is 0.554. The number of nitrogens with zero attached hydrogens (tertiary/aromatic N) is 3. The number of hydrogen-bond acceptors (Lipinski definition) is 4. The van der Waals surface area contributed by atoms with E-state index in [-0.39, 0.29) is 5.95 Å². The van der Waals surface area contributed by atoms with Gasteiger partial charge in [-0.05, 0) is 0 Å². The van der Waals surface area contributed by atoms with Crippen molar-refractivity contribution in [3.05, 3.63) is 6.33 Å². The van der Waals surface area contributed by atoms with Crippen LogP contribution in [0.3, 0.4) is 0 Å². The van der Waals surface area contributed by atoms with Crippen molar-refractivity contribution in [3.63, 3.8) is 0 Å². The first kappa shape index (κ1) is 4.67. The van der Waals surface area contributed by atoms with Crippen LogP contribution >= 0.6 is 0 Å². The highest BCUT2D eigenvalue weighted by Crippen LogP contribution is 1.93. The maximum atomic E-state index is 9.49. The molecule has 0 spiro atoms. The smallest absolute Gasteiger partial charge is 0.243 e. The molecule has 1 heterocycles. The lowest BCUT2D eigenvalue weighted by atomic mass is 11.1. The van der Waals surface area contributed by atoms with Crippen molar-refractivity contribution in [2.75, 3.05) is 0 Å². The molecule has 1 aromatic rings. The highest BCUT2D eigenvalue weighted by molar-refractivity contribution is 5.39. The van der Waals surface area contributed by atoms with Gasteiger partial charge in [0.2, 0.25) is 6.08 Å². The Bertz CT molecular complexity index is 197. The van der Waals surface area contributed by atoms with Crippen molar-refractivity contribution in [1.82, 2.24) is 15.2 Å². The van der Waals surface area contributed by atoms with E-state index in [4.69, 9.17) is 0 Å². The second-order valence-corrected chi connectivity index (χ2v) is 1.01. The van der Waals surface area contributed by atoms with Crippen molar-refractivity contribution in [3.8, 4) is 0 Å². The summed E-state index contributed by atoms with van der Waals surface area (Å²) < 4.78 is 0. The molecule has 0 radical (unpaired) electrons. The van der Waals surface area contributed by atoms with Crippen molar-refractivity contribution in [2.24, 2.45) is 4.99 Å². The van der Waals surface area contributed by atoms with Crippen LogP contribution in [0.1, 0.15) is 0 Å². The van der Waals surface area contributed by atoms with Crippen LogP contribution in [0.25, 0.3) is 0 Å². The van der Waals surface area contributed by atoms with Gasteiger partial charge < -0.3 is 0 Å². The van der Waals surface area contributed by atoms with E-state index in [1.54, 1.807) is 0 Å². The van der Waals surface area contributed by atoms with Crippen LogP contribution in [0.2, 0.25) is 0 Å². The molecule has 1 N–H and O–H groups in total. The second-order valence-electron chi connectivity index (χ2n) is 1.01. The monoisotopic (exact) mass is 110 g/mol. The predicted octanol–water partition coefficient (Wildman–Crippen LogP) is -0.228. The Balaban J connectivity index is 2.93. The van der Waals surface area contributed by atoms with Crippen molar-refractivity contribution in [2.45, 2.75) is 0 Å². The standard InChI is InChI=1S/C3H2N4O/c8-2-5-3-4-1-6-7-3/h1H,(H,4,6,7). The van der Waals surface area contributed by atoms with Crippen LogP contribution in [0.15, 0.2) is 11.3 Å². The molecule has 0 aromatic carbocycles. The minimum atomic E-state index is 0.181. The van der Waals surface area contributed by atoms with Crippen LogP contribution in [-0.4, -0.2) is 21.3 Å². The molecule has 5 nitrogen and oxygen atoms in total. The van der Waals surface area contributed by atoms with Gasteiger partial charge in [0.05, 0.1) is 0 Å². The quantitative estimate of drug-likeness (QED) is 0.401. The summed E-state index contributed by atoms with van der Waals surface area (Å²) in [5.74, 6) is 0.181. The fraction of sp³-hybridized carbons (Fsp3) is 0. The second kappa shape index (κ2) is 1.99. The summed E-state index contributed by atoms with van der Waals surface area (Å²) in [6.45, 7) is 0. The topological polar surface area (TPSA) is 71.0 Å². The number of carbonyl (C=O) groups excluding carboxylic acids is 1. The molecule has 0 saturated carbocycles. The van der Waals surface area contributed by atoms with Gasteiger partial charge in [-0.15, -0.1) is 4.99 Å². The molecule has 0 amide bonds. The number of nitrogens with one attached hydrogen (secondary N) is 1. The Morgan fingerprint density at radius 2 is 2.75 bits per heavy atom. The Morgan fingerprint density at radius 3 is 3.25 bits per heavy atom. The van der Waals surface area contributed by atoms with Crippen molar-refractivity contribution >= 4 is 12.0 Å². The number of rotatable bonds is 1. The highest BCUT2D eigenvalue weighted by Gasteiger charge is 1.84. The summed E-state index contributed by atoms with van der Waals surface area (Å²) >= 11 is 0. The van der Waals surface area contributed by atoms with E-state index in [2.05, 4.69) is 20.2 Å². The first-order valence-corrected chi connectivity index (χ1v) is 1.86. The third-order valence-electron chi connectivity index (χ3n) is 0.554. The molecule has 0 unspecified atom stereocenters. The van der Waals surface area contributed by atoms with Crippen LogP contribution in [0.5, 0.6) is 0 Å². The SMILES string of the molecule is O=C=Nc1ncn[nH]1. The zero-order valence-corrected chi connectivity index (χ0v) is 3.83.